The van der Waals surface area contributed by atoms with Crippen molar-refractivity contribution in [1.29, 1.82) is 0 Å². The molecule has 0 unspecified atom stereocenters. The van der Waals surface area contributed by atoms with Gasteiger partial charge >= 0.3 is 0 Å². The third-order valence-corrected chi connectivity index (χ3v) is 2.84. The van der Waals surface area contributed by atoms with E-state index in [-0.39, 0.29) is 0 Å². The van der Waals surface area contributed by atoms with Crippen LogP contribution in [0.4, 0.5) is 0 Å². The Bertz CT molecular complexity index is 552. The molecule has 0 aliphatic carbocycles. The predicted molar refractivity (Wildman–Crippen MR) is 73.6 cm³/mol. The van der Waals surface area contributed by atoms with Crippen LogP contribution in [0.2, 0.25) is 5.15 Å². The van der Waals surface area contributed by atoms with Crippen molar-refractivity contribution >= 4 is 11.6 Å². The molecular weight excluding hydrogens is 246 g/mol. The second-order valence-corrected chi connectivity index (χ2v) is 5.18. The number of hydrogen-bond acceptors (Lipinski definition) is 3. The molecule has 0 aromatic carbocycles. The summed E-state index contributed by atoms with van der Waals surface area (Å²) in [6.45, 7) is 6.33. The molecule has 0 fully saturated rings. The molecule has 4 heteroatoms. The van der Waals surface area contributed by atoms with Crippen molar-refractivity contribution in [1.82, 2.24) is 15.0 Å². The van der Waals surface area contributed by atoms with Gasteiger partial charge in [-0.15, -0.1) is 0 Å². The summed E-state index contributed by atoms with van der Waals surface area (Å²) < 4.78 is 0. The van der Waals surface area contributed by atoms with Crippen LogP contribution in [0.25, 0.3) is 11.4 Å². The van der Waals surface area contributed by atoms with E-state index in [1.54, 1.807) is 12.4 Å². The Morgan fingerprint density at radius 1 is 1.28 bits per heavy atom. The highest BCUT2D eigenvalue weighted by atomic mass is 35.5. The first kappa shape index (κ1) is 13.0. The molecular formula is C14H16ClN3. The summed E-state index contributed by atoms with van der Waals surface area (Å²) in [5, 5.41) is 0.485. The second kappa shape index (κ2) is 5.44. The number of halogens is 1. The number of nitrogens with zero attached hydrogens (tertiary/aromatic N) is 3. The van der Waals surface area contributed by atoms with E-state index < -0.39 is 0 Å². The van der Waals surface area contributed by atoms with Crippen molar-refractivity contribution in [3.05, 3.63) is 40.9 Å². The van der Waals surface area contributed by atoms with Gasteiger partial charge in [0.25, 0.3) is 0 Å². The van der Waals surface area contributed by atoms with Crippen molar-refractivity contribution in [2.75, 3.05) is 0 Å². The first-order valence-electron chi connectivity index (χ1n) is 6.00. The Labute approximate surface area is 112 Å². The van der Waals surface area contributed by atoms with E-state index in [0.29, 0.717) is 16.9 Å². The van der Waals surface area contributed by atoms with Gasteiger partial charge in [-0.3, -0.25) is 4.98 Å². The number of rotatable bonds is 3. The SMILES string of the molecule is Cc1ccncc1-c1nc(Cl)cc(CC(C)C)n1. The first-order chi connectivity index (χ1) is 8.56. The molecule has 3 nitrogen and oxygen atoms in total. The van der Waals surface area contributed by atoms with E-state index in [1.807, 2.05) is 19.1 Å². The molecule has 0 saturated heterocycles. The second-order valence-electron chi connectivity index (χ2n) is 4.79. The van der Waals surface area contributed by atoms with Gasteiger partial charge in [0.05, 0.1) is 0 Å². The van der Waals surface area contributed by atoms with Crippen molar-refractivity contribution in [3.8, 4) is 11.4 Å². The van der Waals surface area contributed by atoms with E-state index in [1.165, 1.54) is 0 Å². The van der Waals surface area contributed by atoms with Crippen LogP contribution in [-0.2, 0) is 6.42 Å². The molecule has 0 saturated carbocycles. The maximum atomic E-state index is 6.06. The lowest BCUT2D eigenvalue weighted by molar-refractivity contribution is 0.634. The molecule has 0 radical (unpaired) electrons. The zero-order chi connectivity index (χ0) is 13.1. The summed E-state index contributed by atoms with van der Waals surface area (Å²) >= 11 is 6.06. The fourth-order valence-corrected chi connectivity index (χ4v) is 2.01. The van der Waals surface area contributed by atoms with Crippen LogP contribution in [0.3, 0.4) is 0 Å². The molecule has 0 spiro atoms. The van der Waals surface area contributed by atoms with E-state index in [9.17, 15) is 0 Å². The van der Waals surface area contributed by atoms with Crippen LogP contribution in [0.1, 0.15) is 25.1 Å². The summed E-state index contributed by atoms with van der Waals surface area (Å²) in [4.78, 5) is 13.0. The maximum absolute atomic E-state index is 6.06. The van der Waals surface area contributed by atoms with Crippen molar-refractivity contribution in [3.63, 3.8) is 0 Å². The van der Waals surface area contributed by atoms with Crippen molar-refractivity contribution < 1.29 is 0 Å². The third kappa shape index (κ3) is 3.05. The summed E-state index contributed by atoms with van der Waals surface area (Å²) in [6.07, 6.45) is 4.44. The Kier molecular flexibility index (Phi) is 3.92. The highest BCUT2D eigenvalue weighted by Gasteiger charge is 2.09. The van der Waals surface area contributed by atoms with Gasteiger partial charge < -0.3 is 0 Å². The molecule has 2 aromatic rings. The quantitative estimate of drug-likeness (QED) is 0.791. The summed E-state index contributed by atoms with van der Waals surface area (Å²) in [5.74, 6) is 1.20. The number of aromatic nitrogens is 3. The lowest BCUT2D eigenvalue weighted by Gasteiger charge is -2.08. The molecule has 0 atom stereocenters. The van der Waals surface area contributed by atoms with Crippen LogP contribution >= 0.6 is 11.6 Å². The molecule has 18 heavy (non-hydrogen) atoms. The van der Waals surface area contributed by atoms with Crippen LogP contribution in [0, 0.1) is 12.8 Å². The molecule has 2 heterocycles. The van der Waals surface area contributed by atoms with Gasteiger partial charge in [0.1, 0.15) is 5.15 Å². The first-order valence-corrected chi connectivity index (χ1v) is 6.38. The average molecular weight is 262 g/mol. The molecule has 2 aromatic heterocycles. The van der Waals surface area contributed by atoms with Crippen molar-refractivity contribution in [2.24, 2.45) is 5.92 Å². The van der Waals surface area contributed by atoms with E-state index in [2.05, 4.69) is 28.8 Å². The van der Waals surface area contributed by atoms with E-state index in [0.717, 1.165) is 23.2 Å². The van der Waals surface area contributed by atoms with E-state index in [4.69, 9.17) is 11.6 Å². The van der Waals surface area contributed by atoms with Gasteiger partial charge in [-0.05, 0) is 37.0 Å². The number of pyridine rings is 1. The minimum absolute atomic E-state index is 0.485. The largest absolute Gasteiger partial charge is 0.264 e. The number of aryl methyl sites for hydroxylation is 1. The van der Waals surface area contributed by atoms with Crippen molar-refractivity contribution in [2.45, 2.75) is 27.2 Å². The highest BCUT2D eigenvalue weighted by Crippen LogP contribution is 2.21. The molecule has 94 valence electrons. The fraction of sp³-hybridized carbons (Fsp3) is 0.357. The molecule has 0 bridgehead atoms. The summed E-state index contributed by atoms with van der Waals surface area (Å²) in [7, 11) is 0. The van der Waals surface area contributed by atoms with Gasteiger partial charge in [0, 0.05) is 23.7 Å². The fourth-order valence-electron chi connectivity index (χ4n) is 1.81. The van der Waals surface area contributed by atoms with Gasteiger partial charge in [0.2, 0.25) is 0 Å². The van der Waals surface area contributed by atoms with Crippen LogP contribution in [-0.4, -0.2) is 15.0 Å². The molecule has 2 rings (SSSR count). The normalized spacial score (nSPS) is 10.9. The van der Waals surface area contributed by atoms with Gasteiger partial charge in [-0.2, -0.15) is 0 Å². The highest BCUT2D eigenvalue weighted by molar-refractivity contribution is 6.29. The lowest BCUT2D eigenvalue weighted by atomic mass is 10.1. The Balaban J connectivity index is 2.45. The minimum atomic E-state index is 0.485. The predicted octanol–water partition coefficient (Wildman–Crippen LogP) is 3.70. The molecule has 0 amide bonds. The zero-order valence-electron chi connectivity index (χ0n) is 10.8. The maximum Gasteiger partial charge on any atom is 0.162 e. The standard InChI is InChI=1S/C14H16ClN3/c1-9(2)6-11-7-13(15)18-14(17-11)12-8-16-5-4-10(12)3/h4-5,7-9H,6H2,1-3H3. The Morgan fingerprint density at radius 2 is 2.06 bits per heavy atom. The zero-order valence-corrected chi connectivity index (χ0v) is 11.6. The van der Waals surface area contributed by atoms with Gasteiger partial charge in [0.15, 0.2) is 5.82 Å². The molecule has 0 N–H and O–H groups in total. The topological polar surface area (TPSA) is 38.7 Å². The van der Waals surface area contributed by atoms with Crippen LogP contribution in [0.15, 0.2) is 24.5 Å². The lowest BCUT2D eigenvalue weighted by Crippen LogP contribution is -2.01. The summed E-state index contributed by atoms with van der Waals surface area (Å²) in [6, 6.07) is 3.78. The monoisotopic (exact) mass is 261 g/mol. The Hall–Kier alpha value is -1.48. The minimum Gasteiger partial charge on any atom is -0.264 e. The third-order valence-electron chi connectivity index (χ3n) is 2.65. The number of hydrogen-bond donors (Lipinski definition) is 0. The average Bonchev–Trinajstić information content (AvgIpc) is 2.27. The molecule has 0 aliphatic rings. The smallest absolute Gasteiger partial charge is 0.162 e. The van der Waals surface area contributed by atoms with E-state index >= 15 is 0 Å². The van der Waals surface area contributed by atoms with Gasteiger partial charge in [-0.25, -0.2) is 9.97 Å². The molecule has 0 aliphatic heterocycles. The van der Waals surface area contributed by atoms with Gasteiger partial charge in [-0.1, -0.05) is 25.4 Å². The van der Waals surface area contributed by atoms with Crippen LogP contribution in [0.5, 0.6) is 0 Å². The summed E-state index contributed by atoms with van der Waals surface area (Å²) in [5.41, 5.74) is 3.01. The van der Waals surface area contributed by atoms with Crippen LogP contribution < -0.4 is 0 Å². The Morgan fingerprint density at radius 3 is 2.72 bits per heavy atom.